The number of esters is 1. The fourth-order valence-corrected chi connectivity index (χ4v) is 1.36. The molecular weight excluding hydrogens is 186 g/mol. The maximum Gasteiger partial charge on any atom is 0.351 e. The number of hydrogen-bond acceptors (Lipinski definition) is 4. The van der Waals surface area contributed by atoms with Crippen molar-refractivity contribution >= 4 is 17.4 Å². The summed E-state index contributed by atoms with van der Waals surface area (Å²) in [6.45, 7) is 3.48. The summed E-state index contributed by atoms with van der Waals surface area (Å²) in [6, 6.07) is 4.32. The van der Waals surface area contributed by atoms with Crippen LogP contribution in [0.15, 0.2) is 24.8 Å². The van der Waals surface area contributed by atoms with Crippen molar-refractivity contribution < 1.29 is 14.5 Å². The predicted octanol–water partition coefficient (Wildman–Crippen LogP) is 1.74. The molecule has 0 aromatic heterocycles. The van der Waals surface area contributed by atoms with Crippen LogP contribution >= 0.6 is 0 Å². The zero-order valence-electron chi connectivity index (χ0n) is 7.02. The molecule has 0 N–H and O–H groups in total. The normalized spacial score (nSPS) is 13.7. The van der Waals surface area contributed by atoms with Crippen molar-refractivity contribution in [2.75, 3.05) is 0 Å². The molecule has 0 unspecified atom stereocenters. The van der Waals surface area contributed by atoms with Gasteiger partial charge < -0.3 is 4.74 Å². The minimum absolute atomic E-state index is 0.0116. The summed E-state index contributed by atoms with van der Waals surface area (Å²) in [4.78, 5) is 21.2. The quantitative estimate of drug-likeness (QED) is 0.385. The highest BCUT2D eigenvalue weighted by Gasteiger charge is 2.32. The van der Waals surface area contributed by atoms with Crippen LogP contribution in [0.2, 0.25) is 0 Å². The maximum atomic E-state index is 11.2. The van der Waals surface area contributed by atoms with Gasteiger partial charge in [-0.05, 0) is 6.07 Å². The number of hydrogen-bond donors (Lipinski definition) is 0. The summed E-state index contributed by atoms with van der Waals surface area (Å²) < 4.78 is 4.68. The second-order valence-electron chi connectivity index (χ2n) is 2.77. The van der Waals surface area contributed by atoms with Crippen molar-refractivity contribution in [2.24, 2.45) is 0 Å². The van der Waals surface area contributed by atoms with Gasteiger partial charge in [-0.25, -0.2) is 4.79 Å². The van der Waals surface area contributed by atoms with Gasteiger partial charge in [0.15, 0.2) is 0 Å². The highest BCUT2D eigenvalue weighted by Crippen LogP contribution is 2.34. The summed E-state index contributed by atoms with van der Waals surface area (Å²) in [5.74, 6) is -0.550. The first-order chi connectivity index (χ1) is 6.61. The van der Waals surface area contributed by atoms with Gasteiger partial charge in [0.05, 0.1) is 4.92 Å². The van der Waals surface area contributed by atoms with Crippen LogP contribution in [0.25, 0.3) is 5.76 Å². The molecule has 1 aromatic carbocycles. The van der Waals surface area contributed by atoms with E-state index in [4.69, 9.17) is 0 Å². The number of nitrogens with zero attached hydrogens (tertiary/aromatic N) is 1. The first-order valence-electron chi connectivity index (χ1n) is 3.80. The van der Waals surface area contributed by atoms with Gasteiger partial charge in [-0.2, -0.15) is 0 Å². The van der Waals surface area contributed by atoms with Crippen LogP contribution in [0, 0.1) is 10.1 Å². The Morgan fingerprint density at radius 1 is 1.43 bits per heavy atom. The van der Waals surface area contributed by atoms with Gasteiger partial charge in [0.25, 0.3) is 5.69 Å². The molecule has 5 heteroatoms. The van der Waals surface area contributed by atoms with Crippen LogP contribution in [0.5, 0.6) is 0 Å². The topological polar surface area (TPSA) is 69.4 Å². The Morgan fingerprint density at radius 3 is 2.79 bits per heavy atom. The smallest absolute Gasteiger partial charge is 0.351 e. The number of benzene rings is 1. The SMILES string of the molecule is C=C1OC(=O)c2c1cccc2[N+](=O)[O-]. The van der Waals surface area contributed by atoms with Crippen LogP contribution in [-0.4, -0.2) is 10.9 Å². The van der Waals surface area contributed by atoms with Crippen LogP contribution in [-0.2, 0) is 4.74 Å². The number of nitro groups is 1. The van der Waals surface area contributed by atoms with Gasteiger partial charge >= 0.3 is 5.97 Å². The third-order valence-corrected chi connectivity index (χ3v) is 1.96. The fourth-order valence-electron chi connectivity index (χ4n) is 1.36. The van der Waals surface area contributed by atoms with Crippen LogP contribution in [0.4, 0.5) is 5.69 Å². The van der Waals surface area contributed by atoms with Crippen molar-refractivity contribution in [1.29, 1.82) is 0 Å². The van der Waals surface area contributed by atoms with Gasteiger partial charge in [-0.15, -0.1) is 0 Å². The number of carbonyl (C=O) groups excluding carboxylic acids is 1. The number of carbonyl (C=O) groups is 1. The molecular formula is C9H5NO4. The molecule has 1 aromatic rings. The Bertz CT molecular complexity index is 464. The Labute approximate surface area is 78.8 Å². The van der Waals surface area contributed by atoms with Crippen molar-refractivity contribution in [3.8, 4) is 0 Å². The predicted molar refractivity (Wildman–Crippen MR) is 47.5 cm³/mol. The lowest BCUT2D eigenvalue weighted by atomic mass is 10.1. The van der Waals surface area contributed by atoms with E-state index in [-0.39, 0.29) is 17.0 Å². The molecule has 0 radical (unpaired) electrons. The van der Waals surface area contributed by atoms with Crippen molar-refractivity contribution in [3.05, 3.63) is 46.0 Å². The molecule has 0 aliphatic carbocycles. The summed E-state index contributed by atoms with van der Waals surface area (Å²) in [7, 11) is 0. The zero-order valence-corrected chi connectivity index (χ0v) is 7.02. The lowest BCUT2D eigenvalue weighted by Gasteiger charge is -1.94. The summed E-state index contributed by atoms with van der Waals surface area (Å²) >= 11 is 0. The molecule has 0 saturated heterocycles. The standard InChI is InChI=1S/C9H5NO4/c1-5-6-3-2-4-7(10(12)13)8(6)9(11)14-5/h2-4H,1H2. The van der Waals surface area contributed by atoms with E-state index >= 15 is 0 Å². The van der Waals surface area contributed by atoms with Crippen molar-refractivity contribution in [1.82, 2.24) is 0 Å². The molecule has 0 fully saturated rings. The molecule has 1 aliphatic rings. The molecule has 5 nitrogen and oxygen atoms in total. The molecule has 1 heterocycles. The van der Waals surface area contributed by atoms with Gasteiger partial charge in [0.2, 0.25) is 0 Å². The van der Waals surface area contributed by atoms with Gasteiger partial charge in [0.1, 0.15) is 11.3 Å². The molecule has 2 rings (SSSR count). The highest BCUT2D eigenvalue weighted by molar-refractivity contribution is 6.05. The third-order valence-electron chi connectivity index (χ3n) is 1.96. The summed E-state index contributed by atoms with van der Waals surface area (Å²) in [5.41, 5.74) is 0.137. The van der Waals surface area contributed by atoms with E-state index in [1.165, 1.54) is 12.1 Å². The fraction of sp³-hybridized carbons (Fsp3) is 0. The second kappa shape index (κ2) is 2.66. The monoisotopic (exact) mass is 191 g/mol. The minimum Gasteiger partial charge on any atom is -0.423 e. The van der Waals surface area contributed by atoms with Gasteiger partial charge in [-0.1, -0.05) is 12.6 Å². The van der Waals surface area contributed by atoms with Crippen LogP contribution < -0.4 is 0 Å². The Kier molecular flexibility index (Phi) is 1.60. The third kappa shape index (κ3) is 0.990. The average molecular weight is 191 g/mol. The summed E-state index contributed by atoms with van der Waals surface area (Å²) in [6.07, 6.45) is 0. The molecule has 0 spiro atoms. The molecule has 0 bridgehead atoms. The van der Waals surface area contributed by atoms with E-state index < -0.39 is 10.9 Å². The first kappa shape index (κ1) is 8.43. The molecule has 70 valence electrons. The minimum atomic E-state index is -0.711. The zero-order chi connectivity index (χ0) is 10.3. The lowest BCUT2D eigenvalue weighted by Crippen LogP contribution is -2.00. The number of cyclic esters (lactones) is 1. The molecule has 0 amide bonds. The second-order valence-corrected chi connectivity index (χ2v) is 2.77. The highest BCUT2D eigenvalue weighted by atomic mass is 16.6. The van der Waals surface area contributed by atoms with Crippen molar-refractivity contribution in [2.45, 2.75) is 0 Å². The number of ether oxygens (including phenoxy) is 1. The summed E-state index contributed by atoms with van der Waals surface area (Å²) in [5, 5.41) is 10.6. The number of rotatable bonds is 1. The van der Waals surface area contributed by atoms with Crippen LogP contribution in [0.1, 0.15) is 15.9 Å². The van der Waals surface area contributed by atoms with Gasteiger partial charge in [-0.3, -0.25) is 10.1 Å². The molecule has 0 saturated carbocycles. The van der Waals surface area contributed by atoms with Gasteiger partial charge in [0, 0.05) is 11.6 Å². The van der Waals surface area contributed by atoms with E-state index in [2.05, 4.69) is 11.3 Å². The molecule has 14 heavy (non-hydrogen) atoms. The van der Waals surface area contributed by atoms with Crippen LogP contribution in [0.3, 0.4) is 0 Å². The Hall–Kier alpha value is -2.17. The van der Waals surface area contributed by atoms with E-state index in [1.807, 2.05) is 0 Å². The first-order valence-corrected chi connectivity index (χ1v) is 3.80. The maximum absolute atomic E-state index is 11.2. The van der Waals surface area contributed by atoms with E-state index in [0.717, 1.165) is 0 Å². The van der Waals surface area contributed by atoms with Crippen molar-refractivity contribution in [3.63, 3.8) is 0 Å². The largest absolute Gasteiger partial charge is 0.423 e. The van der Waals surface area contributed by atoms with E-state index in [0.29, 0.717) is 5.56 Å². The number of fused-ring (bicyclic) bond motifs is 1. The van der Waals surface area contributed by atoms with E-state index in [9.17, 15) is 14.9 Å². The number of nitro benzene ring substituents is 1. The van der Waals surface area contributed by atoms with E-state index in [1.54, 1.807) is 6.07 Å². The molecule has 1 aliphatic heterocycles. The average Bonchev–Trinajstić information content (AvgIpc) is 2.43. The Morgan fingerprint density at radius 2 is 2.14 bits per heavy atom. The Balaban J connectivity index is 2.74. The molecule has 0 atom stereocenters. The lowest BCUT2D eigenvalue weighted by molar-refractivity contribution is -0.385.